The van der Waals surface area contributed by atoms with Crippen LogP contribution in [-0.4, -0.2) is 31.9 Å². The fraction of sp³-hybridized carbons (Fsp3) is 0.417. The Bertz CT molecular complexity index is 587. The van der Waals surface area contributed by atoms with Gasteiger partial charge < -0.3 is 5.32 Å². The summed E-state index contributed by atoms with van der Waals surface area (Å²) in [4.78, 5) is 12.7. The maximum Gasteiger partial charge on any atom is 0.252 e. The van der Waals surface area contributed by atoms with Crippen LogP contribution in [0.2, 0.25) is 0 Å². The minimum Gasteiger partial charge on any atom is -0.349 e. The van der Waals surface area contributed by atoms with E-state index in [1.165, 1.54) is 0 Å². The van der Waals surface area contributed by atoms with Crippen molar-refractivity contribution >= 4 is 44.3 Å². The van der Waals surface area contributed by atoms with Gasteiger partial charge in [0.2, 0.25) is 0 Å². The van der Waals surface area contributed by atoms with Crippen LogP contribution >= 0.6 is 28.6 Å². The lowest BCUT2D eigenvalue weighted by atomic mass is 10.1. The monoisotopic (exact) mass is 363 g/mol. The summed E-state index contributed by atoms with van der Waals surface area (Å²) < 4.78 is 23.5. The van der Waals surface area contributed by atoms with E-state index in [0.29, 0.717) is 23.3 Å². The highest BCUT2D eigenvalue weighted by atomic mass is 79.9. The molecule has 0 atom stereocenters. The van der Waals surface area contributed by atoms with Gasteiger partial charge in [0.1, 0.15) is 9.84 Å². The summed E-state index contributed by atoms with van der Waals surface area (Å²) in [6, 6.07) is 5.15. The van der Waals surface area contributed by atoms with E-state index in [1.807, 2.05) is 0 Å². The van der Waals surface area contributed by atoms with Crippen LogP contribution in [0.15, 0.2) is 27.6 Å². The van der Waals surface area contributed by atoms with Gasteiger partial charge in [0.25, 0.3) is 5.91 Å². The zero-order chi connectivity index (χ0) is 14.0. The van der Waals surface area contributed by atoms with Gasteiger partial charge in [0, 0.05) is 15.4 Å². The molecule has 7 heteroatoms. The first kappa shape index (κ1) is 14.9. The third-order valence-corrected chi connectivity index (χ3v) is 5.67. The van der Waals surface area contributed by atoms with Crippen molar-refractivity contribution in [1.29, 1.82) is 0 Å². The summed E-state index contributed by atoms with van der Waals surface area (Å²) in [5, 5.41) is 2.87. The van der Waals surface area contributed by atoms with E-state index in [0.717, 1.165) is 4.47 Å². The molecule has 1 heterocycles. The van der Waals surface area contributed by atoms with E-state index in [2.05, 4.69) is 33.9 Å². The van der Waals surface area contributed by atoms with Crippen molar-refractivity contribution < 1.29 is 13.2 Å². The second kappa shape index (κ2) is 5.85. The Morgan fingerprint density at radius 2 is 1.95 bits per heavy atom. The fourth-order valence-corrected chi connectivity index (χ4v) is 4.34. The largest absolute Gasteiger partial charge is 0.349 e. The molecular weight excluding hydrogens is 350 g/mol. The first-order chi connectivity index (χ1) is 8.87. The van der Waals surface area contributed by atoms with Crippen molar-refractivity contribution in [3.63, 3.8) is 0 Å². The molecule has 0 spiro atoms. The SMILES string of the molecule is O=C(NC1CCS(=O)(=O)CC1)c1ccc(Br)cc1S. The number of benzene rings is 1. The average Bonchev–Trinajstić information content (AvgIpc) is 2.31. The molecule has 1 saturated heterocycles. The van der Waals surface area contributed by atoms with Crippen LogP contribution in [0.5, 0.6) is 0 Å². The first-order valence-corrected chi connectivity index (χ1v) is 8.93. The molecule has 1 aliphatic heterocycles. The number of halogens is 1. The van der Waals surface area contributed by atoms with Crippen molar-refractivity contribution in [2.75, 3.05) is 11.5 Å². The number of carbonyl (C=O) groups is 1. The van der Waals surface area contributed by atoms with E-state index in [1.54, 1.807) is 18.2 Å². The maximum absolute atomic E-state index is 12.1. The molecule has 1 N–H and O–H groups in total. The molecule has 19 heavy (non-hydrogen) atoms. The number of hydrogen-bond donors (Lipinski definition) is 2. The number of hydrogen-bond acceptors (Lipinski definition) is 4. The van der Waals surface area contributed by atoms with Crippen LogP contribution in [0.3, 0.4) is 0 Å². The van der Waals surface area contributed by atoms with Crippen LogP contribution in [0.4, 0.5) is 0 Å². The molecule has 1 fully saturated rings. The quantitative estimate of drug-likeness (QED) is 0.790. The molecule has 0 radical (unpaired) electrons. The molecule has 2 rings (SSSR count). The van der Waals surface area contributed by atoms with Crippen LogP contribution in [-0.2, 0) is 9.84 Å². The van der Waals surface area contributed by atoms with Crippen LogP contribution < -0.4 is 5.32 Å². The number of carbonyl (C=O) groups excluding carboxylic acids is 1. The summed E-state index contributed by atoms with van der Waals surface area (Å²) in [6.07, 6.45) is 0.957. The van der Waals surface area contributed by atoms with Gasteiger partial charge in [-0.1, -0.05) is 15.9 Å². The fourth-order valence-electron chi connectivity index (χ4n) is 1.99. The molecule has 0 aromatic heterocycles. The molecule has 0 bridgehead atoms. The van der Waals surface area contributed by atoms with Gasteiger partial charge in [-0.3, -0.25) is 4.79 Å². The van der Waals surface area contributed by atoms with Crippen molar-refractivity contribution in [2.24, 2.45) is 0 Å². The van der Waals surface area contributed by atoms with E-state index < -0.39 is 9.84 Å². The average molecular weight is 364 g/mol. The predicted octanol–water partition coefficient (Wildman–Crippen LogP) is 2.04. The molecule has 4 nitrogen and oxygen atoms in total. The van der Waals surface area contributed by atoms with Crippen LogP contribution in [0, 0.1) is 0 Å². The molecule has 1 aliphatic rings. The highest BCUT2D eigenvalue weighted by Gasteiger charge is 2.25. The topological polar surface area (TPSA) is 63.2 Å². The lowest BCUT2D eigenvalue weighted by Gasteiger charge is -2.23. The Hall–Kier alpha value is -0.530. The number of amides is 1. The van der Waals surface area contributed by atoms with Crippen molar-refractivity contribution in [3.05, 3.63) is 28.2 Å². The molecular formula is C12H14BrNO3S2. The predicted molar refractivity (Wildman–Crippen MR) is 80.5 cm³/mol. The van der Waals surface area contributed by atoms with Gasteiger partial charge in [0.05, 0.1) is 17.1 Å². The smallest absolute Gasteiger partial charge is 0.252 e. The Labute approximate surface area is 126 Å². The van der Waals surface area contributed by atoms with Gasteiger partial charge in [-0.2, -0.15) is 0 Å². The summed E-state index contributed by atoms with van der Waals surface area (Å²) in [5.41, 5.74) is 0.500. The number of rotatable bonds is 2. The normalized spacial score (nSPS) is 19.1. The molecule has 0 aliphatic carbocycles. The van der Waals surface area contributed by atoms with E-state index in [4.69, 9.17) is 0 Å². The Kier molecular flexibility index (Phi) is 4.58. The first-order valence-electron chi connectivity index (χ1n) is 5.87. The summed E-state index contributed by atoms with van der Waals surface area (Å²) in [5.74, 6) is 0.0830. The molecule has 0 unspecified atom stereocenters. The number of thiol groups is 1. The number of sulfone groups is 1. The molecule has 0 saturated carbocycles. The molecule has 1 aromatic rings. The van der Waals surface area contributed by atoms with Gasteiger partial charge in [-0.15, -0.1) is 12.6 Å². The minimum atomic E-state index is -2.90. The maximum atomic E-state index is 12.1. The van der Waals surface area contributed by atoms with Gasteiger partial charge in [0.15, 0.2) is 0 Å². The third kappa shape index (κ3) is 3.97. The second-order valence-corrected chi connectivity index (χ2v) is 8.26. The Morgan fingerprint density at radius 3 is 2.53 bits per heavy atom. The second-order valence-electron chi connectivity index (χ2n) is 4.56. The summed E-state index contributed by atoms with van der Waals surface area (Å²) in [6.45, 7) is 0. The minimum absolute atomic E-state index is 0.0765. The summed E-state index contributed by atoms with van der Waals surface area (Å²) in [7, 11) is -2.90. The zero-order valence-corrected chi connectivity index (χ0v) is 13.4. The van der Waals surface area contributed by atoms with Crippen molar-refractivity contribution in [1.82, 2.24) is 5.32 Å². The zero-order valence-electron chi connectivity index (χ0n) is 10.1. The number of nitrogens with one attached hydrogen (secondary N) is 1. The third-order valence-electron chi connectivity index (χ3n) is 3.09. The van der Waals surface area contributed by atoms with E-state index in [-0.39, 0.29) is 23.5 Å². The van der Waals surface area contributed by atoms with Crippen molar-refractivity contribution in [2.45, 2.75) is 23.8 Å². The van der Waals surface area contributed by atoms with Gasteiger partial charge in [-0.25, -0.2) is 8.42 Å². The van der Waals surface area contributed by atoms with E-state index >= 15 is 0 Å². The van der Waals surface area contributed by atoms with Crippen LogP contribution in [0.25, 0.3) is 0 Å². The van der Waals surface area contributed by atoms with Crippen molar-refractivity contribution in [3.8, 4) is 0 Å². The van der Waals surface area contributed by atoms with Crippen LogP contribution in [0.1, 0.15) is 23.2 Å². The standard InChI is InChI=1S/C12H14BrNO3S2/c13-8-1-2-10(11(18)7-8)12(15)14-9-3-5-19(16,17)6-4-9/h1-2,7,9,18H,3-6H2,(H,14,15). The molecule has 1 amide bonds. The molecule has 1 aromatic carbocycles. The lowest BCUT2D eigenvalue weighted by Crippen LogP contribution is -2.40. The van der Waals surface area contributed by atoms with Gasteiger partial charge in [-0.05, 0) is 31.0 Å². The lowest BCUT2D eigenvalue weighted by molar-refractivity contribution is 0.0931. The van der Waals surface area contributed by atoms with E-state index in [9.17, 15) is 13.2 Å². The Balaban J connectivity index is 2.02. The summed E-state index contributed by atoms with van der Waals surface area (Å²) >= 11 is 7.57. The highest BCUT2D eigenvalue weighted by molar-refractivity contribution is 9.10. The highest BCUT2D eigenvalue weighted by Crippen LogP contribution is 2.20. The molecule has 104 valence electrons. The van der Waals surface area contributed by atoms with Gasteiger partial charge >= 0.3 is 0 Å². The Morgan fingerprint density at radius 1 is 1.32 bits per heavy atom.